The van der Waals surface area contributed by atoms with Crippen molar-refractivity contribution in [1.29, 1.82) is 0 Å². The molecule has 3 heteroatoms. The molecular formula is C17H23BrClN. The summed E-state index contributed by atoms with van der Waals surface area (Å²) in [5.74, 6) is 2.85. The summed E-state index contributed by atoms with van der Waals surface area (Å²) >= 11 is 9.83. The molecule has 5 atom stereocenters. The Morgan fingerprint density at radius 2 is 2.05 bits per heavy atom. The number of benzene rings is 1. The Hall–Kier alpha value is -0.0500. The van der Waals surface area contributed by atoms with Gasteiger partial charge in [0.15, 0.2) is 0 Å². The zero-order valence-corrected chi connectivity index (χ0v) is 14.5. The normalized spacial score (nSPS) is 31.5. The molecule has 3 rings (SSSR count). The Kier molecular flexibility index (Phi) is 4.45. The highest BCUT2D eigenvalue weighted by Gasteiger charge is 2.41. The van der Waals surface area contributed by atoms with Gasteiger partial charge in [0, 0.05) is 21.6 Å². The average Bonchev–Trinajstić information content (AvgIpc) is 3.00. The van der Waals surface area contributed by atoms with Crippen LogP contribution < -0.4 is 5.32 Å². The lowest BCUT2D eigenvalue weighted by molar-refractivity contribution is 0.248. The number of halogens is 2. The number of nitrogens with one attached hydrogen (secondary N) is 1. The standard InChI is InChI=1S/C17H23BrClN/c1-10(15-6-5-14(18)9-17(15)19)20-11(2)16-8-12-3-4-13(16)7-12/h5-6,9-13,16,20H,3-4,7-8H2,1-2H3. The summed E-state index contributed by atoms with van der Waals surface area (Å²) in [4.78, 5) is 0. The molecule has 1 N–H and O–H groups in total. The molecular weight excluding hydrogens is 334 g/mol. The van der Waals surface area contributed by atoms with E-state index in [-0.39, 0.29) is 0 Å². The predicted molar refractivity (Wildman–Crippen MR) is 89.1 cm³/mol. The fourth-order valence-corrected chi connectivity index (χ4v) is 5.20. The Morgan fingerprint density at radius 1 is 1.25 bits per heavy atom. The summed E-state index contributed by atoms with van der Waals surface area (Å²) in [6.07, 6.45) is 5.83. The van der Waals surface area contributed by atoms with E-state index in [0.29, 0.717) is 12.1 Å². The summed E-state index contributed by atoms with van der Waals surface area (Å²) in [6.45, 7) is 4.58. The highest BCUT2D eigenvalue weighted by molar-refractivity contribution is 9.10. The van der Waals surface area contributed by atoms with Gasteiger partial charge in [-0.25, -0.2) is 0 Å². The Bertz CT molecular complexity index is 490. The van der Waals surface area contributed by atoms with Crippen molar-refractivity contribution < 1.29 is 0 Å². The number of hydrogen-bond acceptors (Lipinski definition) is 1. The van der Waals surface area contributed by atoms with Crippen molar-refractivity contribution in [3.05, 3.63) is 33.3 Å². The van der Waals surface area contributed by atoms with Crippen LogP contribution in [0, 0.1) is 17.8 Å². The maximum Gasteiger partial charge on any atom is 0.0464 e. The number of fused-ring (bicyclic) bond motifs is 2. The molecule has 5 unspecified atom stereocenters. The van der Waals surface area contributed by atoms with Crippen molar-refractivity contribution in [2.24, 2.45) is 17.8 Å². The highest BCUT2D eigenvalue weighted by Crippen LogP contribution is 2.49. The van der Waals surface area contributed by atoms with E-state index in [4.69, 9.17) is 11.6 Å². The summed E-state index contributed by atoms with van der Waals surface area (Å²) in [7, 11) is 0. The van der Waals surface area contributed by atoms with Gasteiger partial charge in [-0.1, -0.05) is 40.0 Å². The van der Waals surface area contributed by atoms with E-state index in [1.54, 1.807) is 0 Å². The third kappa shape index (κ3) is 2.93. The van der Waals surface area contributed by atoms with Crippen LogP contribution in [0.5, 0.6) is 0 Å². The van der Waals surface area contributed by atoms with Crippen molar-refractivity contribution in [2.45, 2.75) is 51.6 Å². The van der Waals surface area contributed by atoms with Crippen LogP contribution in [0.15, 0.2) is 22.7 Å². The molecule has 2 saturated carbocycles. The average molecular weight is 357 g/mol. The van der Waals surface area contributed by atoms with Crippen LogP contribution >= 0.6 is 27.5 Å². The van der Waals surface area contributed by atoms with Gasteiger partial charge in [-0.05, 0) is 68.6 Å². The second-order valence-electron chi connectivity index (χ2n) is 6.68. The third-order valence-corrected chi connectivity index (χ3v) is 6.20. The first kappa shape index (κ1) is 14.9. The van der Waals surface area contributed by atoms with Crippen LogP contribution in [0.4, 0.5) is 0 Å². The summed E-state index contributed by atoms with van der Waals surface area (Å²) in [5, 5.41) is 4.63. The largest absolute Gasteiger partial charge is 0.307 e. The van der Waals surface area contributed by atoms with Gasteiger partial charge in [0.05, 0.1) is 0 Å². The van der Waals surface area contributed by atoms with Crippen molar-refractivity contribution in [1.82, 2.24) is 5.32 Å². The first-order chi connectivity index (χ1) is 9.54. The number of hydrogen-bond donors (Lipinski definition) is 1. The topological polar surface area (TPSA) is 12.0 Å². The van der Waals surface area contributed by atoms with Crippen LogP contribution in [0.2, 0.25) is 5.02 Å². The van der Waals surface area contributed by atoms with Crippen molar-refractivity contribution in [3.8, 4) is 0 Å². The van der Waals surface area contributed by atoms with Gasteiger partial charge >= 0.3 is 0 Å². The molecule has 2 bridgehead atoms. The Morgan fingerprint density at radius 3 is 2.65 bits per heavy atom. The van der Waals surface area contributed by atoms with E-state index in [2.05, 4.69) is 47.2 Å². The predicted octanol–water partition coefficient (Wildman–Crippen LogP) is 5.58. The maximum atomic E-state index is 6.36. The fraction of sp³-hybridized carbons (Fsp3) is 0.647. The molecule has 0 aromatic heterocycles. The van der Waals surface area contributed by atoms with Crippen molar-refractivity contribution in [2.75, 3.05) is 0 Å². The Balaban J connectivity index is 1.65. The monoisotopic (exact) mass is 355 g/mol. The first-order valence-electron chi connectivity index (χ1n) is 7.75. The van der Waals surface area contributed by atoms with Gasteiger partial charge in [-0.2, -0.15) is 0 Å². The molecule has 0 radical (unpaired) electrons. The van der Waals surface area contributed by atoms with E-state index < -0.39 is 0 Å². The smallest absolute Gasteiger partial charge is 0.0464 e. The SMILES string of the molecule is CC(NC(C)C1CC2CCC1C2)c1ccc(Br)cc1Cl. The molecule has 0 saturated heterocycles. The van der Waals surface area contributed by atoms with Crippen LogP contribution in [0.1, 0.15) is 51.1 Å². The van der Waals surface area contributed by atoms with Gasteiger partial charge in [0.1, 0.15) is 0 Å². The van der Waals surface area contributed by atoms with Gasteiger partial charge < -0.3 is 5.32 Å². The lowest BCUT2D eigenvalue weighted by Gasteiger charge is -2.31. The summed E-state index contributed by atoms with van der Waals surface area (Å²) < 4.78 is 1.04. The molecule has 0 spiro atoms. The zero-order valence-electron chi connectivity index (χ0n) is 12.2. The molecule has 1 aromatic rings. The van der Waals surface area contributed by atoms with Crippen LogP contribution in [0.25, 0.3) is 0 Å². The molecule has 20 heavy (non-hydrogen) atoms. The van der Waals surface area contributed by atoms with E-state index in [9.17, 15) is 0 Å². The zero-order chi connectivity index (χ0) is 14.3. The van der Waals surface area contributed by atoms with Crippen molar-refractivity contribution >= 4 is 27.5 Å². The second-order valence-corrected chi connectivity index (χ2v) is 8.00. The van der Waals surface area contributed by atoms with E-state index in [1.165, 1.54) is 31.2 Å². The van der Waals surface area contributed by atoms with Crippen LogP contribution in [-0.4, -0.2) is 6.04 Å². The van der Waals surface area contributed by atoms with Crippen LogP contribution in [0.3, 0.4) is 0 Å². The van der Waals surface area contributed by atoms with Crippen molar-refractivity contribution in [3.63, 3.8) is 0 Å². The molecule has 2 aliphatic rings. The van der Waals surface area contributed by atoms with E-state index >= 15 is 0 Å². The molecule has 2 fully saturated rings. The molecule has 1 aromatic carbocycles. The molecule has 110 valence electrons. The molecule has 0 heterocycles. The van der Waals surface area contributed by atoms with Gasteiger partial charge in [0.25, 0.3) is 0 Å². The van der Waals surface area contributed by atoms with E-state index in [0.717, 1.165) is 27.2 Å². The lowest BCUT2D eigenvalue weighted by atomic mass is 9.83. The molecule has 2 aliphatic carbocycles. The molecule has 0 amide bonds. The molecule has 0 aliphatic heterocycles. The highest BCUT2D eigenvalue weighted by atomic mass is 79.9. The van der Waals surface area contributed by atoms with Gasteiger partial charge in [-0.15, -0.1) is 0 Å². The van der Waals surface area contributed by atoms with Gasteiger partial charge in [-0.3, -0.25) is 0 Å². The molecule has 1 nitrogen and oxygen atoms in total. The summed E-state index contributed by atoms with van der Waals surface area (Å²) in [6, 6.07) is 7.07. The quantitative estimate of drug-likeness (QED) is 0.742. The minimum atomic E-state index is 0.310. The second kappa shape index (κ2) is 5.98. The number of rotatable bonds is 4. The van der Waals surface area contributed by atoms with E-state index in [1.807, 2.05) is 6.07 Å². The fourth-order valence-electron chi connectivity index (χ4n) is 4.37. The van der Waals surface area contributed by atoms with Gasteiger partial charge in [0.2, 0.25) is 0 Å². The van der Waals surface area contributed by atoms with Crippen LogP contribution in [-0.2, 0) is 0 Å². The lowest BCUT2D eigenvalue weighted by Crippen LogP contribution is -2.37. The minimum Gasteiger partial charge on any atom is -0.307 e. The third-order valence-electron chi connectivity index (χ3n) is 5.38. The summed E-state index contributed by atoms with van der Waals surface area (Å²) in [5.41, 5.74) is 1.20. The first-order valence-corrected chi connectivity index (χ1v) is 8.92. The maximum absolute atomic E-state index is 6.36. The Labute approximate surface area is 135 Å². The minimum absolute atomic E-state index is 0.310.